The number of benzene rings is 1. The van der Waals surface area contributed by atoms with Gasteiger partial charge in [-0.1, -0.05) is 19.1 Å². The predicted molar refractivity (Wildman–Crippen MR) is 66.6 cm³/mol. The standard InChI is InChI=1S/C13H17NO4/c1-2-6-14-12(15)8-10-4-3-5-11(7-10)18-9-13(16)17/h3-5,7H,2,6,8-9H2,1H3,(H,14,15)(H,16,17). The summed E-state index contributed by atoms with van der Waals surface area (Å²) in [5.41, 5.74) is 0.798. The minimum Gasteiger partial charge on any atom is -0.482 e. The molecule has 18 heavy (non-hydrogen) atoms. The first-order chi connectivity index (χ1) is 8.61. The van der Waals surface area contributed by atoms with E-state index >= 15 is 0 Å². The molecule has 0 aromatic heterocycles. The lowest BCUT2D eigenvalue weighted by Crippen LogP contribution is -2.25. The summed E-state index contributed by atoms with van der Waals surface area (Å²) in [6.07, 6.45) is 1.16. The van der Waals surface area contributed by atoms with Crippen LogP contribution in [-0.4, -0.2) is 30.1 Å². The van der Waals surface area contributed by atoms with Gasteiger partial charge in [0.15, 0.2) is 6.61 Å². The molecule has 0 unspecified atom stereocenters. The average Bonchev–Trinajstić information content (AvgIpc) is 2.34. The molecule has 1 aromatic rings. The summed E-state index contributed by atoms with van der Waals surface area (Å²) in [5.74, 6) is -0.619. The van der Waals surface area contributed by atoms with Crippen molar-refractivity contribution in [2.75, 3.05) is 13.2 Å². The molecule has 0 radical (unpaired) electrons. The van der Waals surface area contributed by atoms with Crippen LogP contribution in [0, 0.1) is 0 Å². The van der Waals surface area contributed by atoms with E-state index in [1.165, 1.54) is 0 Å². The number of hydrogen-bond acceptors (Lipinski definition) is 3. The lowest BCUT2D eigenvalue weighted by molar-refractivity contribution is -0.139. The lowest BCUT2D eigenvalue weighted by atomic mass is 10.1. The van der Waals surface area contributed by atoms with E-state index in [-0.39, 0.29) is 18.9 Å². The van der Waals surface area contributed by atoms with Crippen molar-refractivity contribution >= 4 is 11.9 Å². The van der Waals surface area contributed by atoms with Crippen molar-refractivity contribution in [1.82, 2.24) is 5.32 Å². The quantitative estimate of drug-likeness (QED) is 0.764. The fraction of sp³-hybridized carbons (Fsp3) is 0.385. The molecule has 0 saturated heterocycles. The van der Waals surface area contributed by atoms with Crippen LogP contribution in [0.25, 0.3) is 0 Å². The first-order valence-corrected chi connectivity index (χ1v) is 5.82. The van der Waals surface area contributed by atoms with Crippen molar-refractivity contribution in [1.29, 1.82) is 0 Å². The Labute approximate surface area is 106 Å². The first-order valence-electron chi connectivity index (χ1n) is 5.82. The number of ether oxygens (including phenoxy) is 1. The molecule has 0 fully saturated rings. The second-order valence-corrected chi connectivity index (χ2v) is 3.86. The molecule has 0 spiro atoms. The van der Waals surface area contributed by atoms with Crippen LogP contribution in [0.15, 0.2) is 24.3 Å². The summed E-state index contributed by atoms with van der Waals surface area (Å²) in [5, 5.41) is 11.3. The Bertz CT molecular complexity index is 417. The van der Waals surface area contributed by atoms with Crippen LogP contribution in [0.1, 0.15) is 18.9 Å². The molecule has 0 atom stereocenters. The van der Waals surface area contributed by atoms with Crippen molar-refractivity contribution in [2.24, 2.45) is 0 Å². The number of rotatable bonds is 7. The molecular weight excluding hydrogens is 234 g/mol. The van der Waals surface area contributed by atoms with E-state index in [9.17, 15) is 9.59 Å². The molecule has 0 bridgehead atoms. The number of hydrogen-bond donors (Lipinski definition) is 2. The Morgan fingerprint density at radius 2 is 2.17 bits per heavy atom. The van der Waals surface area contributed by atoms with Crippen LogP contribution < -0.4 is 10.1 Å². The summed E-state index contributed by atoms with van der Waals surface area (Å²) in [6.45, 7) is 2.26. The summed E-state index contributed by atoms with van der Waals surface area (Å²) in [6, 6.07) is 6.88. The normalized spacial score (nSPS) is 9.83. The minimum atomic E-state index is -1.03. The molecule has 1 rings (SSSR count). The highest BCUT2D eigenvalue weighted by Crippen LogP contribution is 2.13. The van der Waals surface area contributed by atoms with Crippen LogP contribution in [0.4, 0.5) is 0 Å². The third kappa shape index (κ3) is 5.34. The second-order valence-electron chi connectivity index (χ2n) is 3.86. The molecule has 0 aliphatic heterocycles. The fourth-order valence-electron chi connectivity index (χ4n) is 1.40. The Kier molecular flexibility index (Phi) is 5.70. The van der Waals surface area contributed by atoms with Gasteiger partial charge in [0.1, 0.15) is 5.75 Å². The third-order valence-electron chi connectivity index (χ3n) is 2.20. The Hall–Kier alpha value is -2.04. The highest BCUT2D eigenvalue weighted by molar-refractivity contribution is 5.78. The van der Waals surface area contributed by atoms with E-state index in [2.05, 4.69) is 5.32 Å². The van der Waals surface area contributed by atoms with Gasteiger partial charge in [-0.3, -0.25) is 4.79 Å². The molecule has 0 heterocycles. The zero-order chi connectivity index (χ0) is 13.4. The van der Waals surface area contributed by atoms with Crippen LogP contribution in [-0.2, 0) is 16.0 Å². The molecule has 0 saturated carbocycles. The number of carboxylic acids is 1. The average molecular weight is 251 g/mol. The summed E-state index contributed by atoms with van der Waals surface area (Å²) in [7, 11) is 0. The zero-order valence-corrected chi connectivity index (χ0v) is 10.3. The van der Waals surface area contributed by atoms with E-state index in [0.29, 0.717) is 12.3 Å². The Morgan fingerprint density at radius 3 is 2.83 bits per heavy atom. The van der Waals surface area contributed by atoms with E-state index in [4.69, 9.17) is 9.84 Å². The molecule has 5 heteroatoms. The van der Waals surface area contributed by atoms with Crippen molar-refractivity contribution in [3.8, 4) is 5.75 Å². The summed E-state index contributed by atoms with van der Waals surface area (Å²) < 4.78 is 5.04. The molecule has 5 nitrogen and oxygen atoms in total. The molecule has 98 valence electrons. The molecule has 2 N–H and O–H groups in total. The lowest BCUT2D eigenvalue weighted by Gasteiger charge is -2.06. The van der Waals surface area contributed by atoms with Gasteiger partial charge in [-0.15, -0.1) is 0 Å². The molecule has 1 aromatic carbocycles. The Balaban J connectivity index is 2.53. The molecular formula is C13H17NO4. The van der Waals surface area contributed by atoms with Gasteiger partial charge in [0.25, 0.3) is 0 Å². The number of carbonyl (C=O) groups is 2. The maximum atomic E-state index is 11.5. The maximum absolute atomic E-state index is 11.5. The van der Waals surface area contributed by atoms with Gasteiger partial charge in [-0.05, 0) is 24.1 Å². The van der Waals surface area contributed by atoms with Crippen molar-refractivity contribution < 1.29 is 19.4 Å². The van der Waals surface area contributed by atoms with Gasteiger partial charge in [0.05, 0.1) is 6.42 Å². The number of nitrogens with one attached hydrogen (secondary N) is 1. The molecule has 0 aliphatic carbocycles. The van der Waals surface area contributed by atoms with Crippen LogP contribution in [0.3, 0.4) is 0 Å². The minimum absolute atomic E-state index is 0.0489. The second kappa shape index (κ2) is 7.32. The van der Waals surface area contributed by atoms with Gasteiger partial charge in [0.2, 0.25) is 5.91 Å². The van der Waals surface area contributed by atoms with E-state index in [1.807, 2.05) is 6.92 Å². The van der Waals surface area contributed by atoms with Crippen LogP contribution >= 0.6 is 0 Å². The van der Waals surface area contributed by atoms with Crippen molar-refractivity contribution in [3.63, 3.8) is 0 Å². The third-order valence-corrected chi connectivity index (χ3v) is 2.20. The van der Waals surface area contributed by atoms with Gasteiger partial charge in [-0.25, -0.2) is 4.79 Å². The van der Waals surface area contributed by atoms with Gasteiger partial charge in [-0.2, -0.15) is 0 Å². The monoisotopic (exact) mass is 251 g/mol. The largest absolute Gasteiger partial charge is 0.482 e. The molecule has 1 amide bonds. The number of carbonyl (C=O) groups excluding carboxylic acids is 1. The SMILES string of the molecule is CCCNC(=O)Cc1cccc(OCC(=O)O)c1. The van der Waals surface area contributed by atoms with Crippen LogP contribution in [0.5, 0.6) is 5.75 Å². The smallest absolute Gasteiger partial charge is 0.341 e. The maximum Gasteiger partial charge on any atom is 0.341 e. The Morgan fingerprint density at radius 1 is 1.39 bits per heavy atom. The highest BCUT2D eigenvalue weighted by atomic mass is 16.5. The van der Waals surface area contributed by atoms with Gasteiger partial charge >= 0.3 is 5.97 Å². The topological polar surface area (TPSA) is 75.6 Å². The van der Waals surface area contributed by atoms with E-state index in [1.54, 1.807) is 24.3 Å². The van der Waals surface area contributed by atoms with Crippen molar-refractivity contribution in [2.45, 2.75) is 19.8 Å². The number of carboxylic acid groups (broad SMARTS) is 1. The number of aliphatic carboxylic acids is 1. The fourth-order valence-corrected chi connectivity index (χ4v) is 1.40. The summed E-state index contributed by atoms with van der Waals surface area (Å²) >= 11 is 0. The predicted octanol–water partition coefficient (Wildman–Crippen LogP) is 1.22. The zero-order valence-electron chi connectivity index (χ0n) is 10.3. The van der Waals surface area contributed by atoms with E-state index < -0.39 is 5.97 Å². The molecule has 0 aliphatic rings. The van der Waals surface area contributed by atoms with Gasteiger partial charge in [0, 0.05) is 6.54 Å². The van der Waals surface area contributed by atoms with Crippen LogP contribution in [0.2, 0.25) is 0 Å². The first kappa shape index (κ1) is 14.0. The summed E-state index contributed by atoms with van der Waals surface area (Å²) in [4.78, 5) is 21.9. The van der Waals surface area contributed by atoms with Gasteiger partial charge < -0.3 is 15.2 Å². The highest BCUT2D eigenvalue weighted by Gasteiger charge is 2.04. The van der Waals surface area contributed by atoms with Crippen molar-refractivity contribution in [3.05, 3.63) is 29.8 Å². The van der Waals surface area contributed by atoms with E-state index in [0.717, 1.165) is 12.0 Å². The number of amides is 1.